The second-order valence-corrected chi connectivity index (χ2v) is 4.59. The van der Waals surface area contributed by atoms with Gasteiger partial charge in [0.1, 0.15) is 0 Å². The van der Waals surface area contributed by atoms with Crippen molar-refractivity contribution >= 4 is 10.0 Å². The number of hydrogen-bond donors (Lipinski definition) is 2. The minimum atomic E-state index is -3.33. The molecule has 0 radical (unpaired) electrons. The number of ether oxygens (including phenoxy) is 1. The molecule has 0 spiro atoms. The Bertz CT molecular complexity index is 362. The smallest absolute Gasteiger partial charge is 0.214 e. The summed E-state index contributed by atoms with van der Waals surface area (Å²) < 4.78 is 29.9. The summed E-state index contributed by atoms with van der Waals surface area (Å²) in [5, 5.41) is 12.8. The zero-order valence-corrected chi connectivity index (χ0v) is 9.12. The standard InChI is InChI=1S/C6H13N5O3S/c1-2-14-3-4-15(12,13)7-5-6-8-10-11-9-6/h7H,2-5H2,1H3,(H,8,9,10,11). The molecule has 0 saturated heterocycles. The number of nitrogens with zero attached hydrogens (tertiary/aromatic N) is 3. The third kappa shape index (κ3) is 4.81. The van der Waals surface area contributed by atoms with Crippen LogP contribution in [0.3, 0.4) is 0 Å². The van der Waals surface area contributed by atoms with Crippen LogP contribution in [-0.2, 0) is 21.3 Å². The molecule has 0 aliphatic rings. The summed E-state index contributed by atoms with van der Waals surface area (Å²) in [6.07, 6.45) is 0. The molecule has 0 fully saturated rings. The Hall–Kier alpha value is -1.06. The average Bonchev–Trinajstić information content (AvgIpc) is 2.68. The van der Waals surface area contributed by atoms with Crippen LogP contribution in [0.2, 0.25) is 0 Å². The highest BCUT2D eigenvalue weighted by Crippen LogP contribution is 1.89. The first-order valence-electron chi connectivity index (χ1n) is 4.41. The van der Waals surface area contributed by atoms with E-state index in [4.69, 9.17) is 4.74 Å². The summed E-state index contributed by atoms with van der Waals surface area (Å²) in [4.78, 5) is 0. The maximum absolute atomic E-state index is 11.3. The summed E-state index contributed by atoms with van der Waals surface area (Å²) >= 11 is 0. The van der Waals surface area contributed by atoms with E-state index in [1.165, 1.54) is 0 Å². The molecule has 9 heteroatoms. The SMILES string of the molecule is CCOCCS(=O)(=O)NCc1nn[nH]n1. The zero-order valence-electron chi connectivity index (χ0n) is 8.30. The van der Waals surface area contributed by atoms with E-state index in [9.17, 15) is 8.42 Å². The quantitative estimate of drug-likeness (QED) is 0.566. The van der Waals surface area contributed by atoms with Gasteiger partial charge in [-0.15, -0.1) is 10.2 Å². The molecule has 2 N–H and O–H groups in total. The second kappa shape index (κ2) is 5.73. The molecular weight excluding hydrogens is 222 g/mol. The molecule has 0 bridgehead atoms. The second-order valence-electron chi connectivity index (χ2n) is 2.66. The highest BCUT2D eigenvalue weighted by molar-refractivity contribution is 7.89. The van der Waals surface area contributed by atoms with Gasteiger partial charge in [0.05, 0.1) is 18.9 Å². The molecule has 0 saturated carbocycles. The van der Waals surface area contributed by atoms with E-state index in [1.807, 2.05) is 0 Å². The van der Waals surface area contributed by atoms with Crippen LogP contribution < -0.4 is 4.72 Å². The summed E-state index contributed by atoms with van der Waals surface area (Å²) in [6, 6.07) is 0. The number of nitrogens with one attached hydrogen (secondary N) is 2. The van der Waals surface area contributed by atoms with Crippen molar-refractivity contribution in [2.24, 2.45) is 0 Å². The van der Waals surface area contributed by atoms with E-state index < -0.39 is 10.0 Å². The molecule has 0 aromatic carbocycles. The van der Waals surface area contributed by atoms with Crippen LogP contribution in [0, 0.1) is 0 Å². The van der Waals surface area contributed by atoms with E-state index >= 15 is 0 Å². The fraction of sp³-hybridized carbons (Fsp3) is 0.833. The molecule has 1 aromatic heterocycles. The maximum atomic E-state index is 11.3. The lowest BCUT2D eigenvalue weighted by Gasteiger charge is -2.04. The van der Waals surface area contributed by atoms with Crippen molar-refractivity contribution in [3.05, 3.63) is 5.82 Å². The largest absolute Gasteiger partial charge is 0.381 e. The highest BCUT2D eigenvalue weighted by Gasteiger charge is 2.10. The summed E-state index contributed by atoms with van der Waals surface area (Å²) in [7, 11) is -3.33. The Balaban J connectivity index is 2.30. The van der Waals surface area contributed by atoms with Gasteiger partial charge >= 0.3 is 0 Å². The van der Waals surface area contributed by atoms with Gasteiger partial charge in [0.15, 0.2) is 5.82 Å². The van der Waals surface area contributed by atoms with Crippen molar-refractivity contribution in [1.82, 2.24) is 25.3 Å². The van der Waals surface area contributed by atoms with Gasteiger partial charge in [-0.3, -0.25) is 0 Å². The Morgan fingerprint density at radius 1 is 1.53 bits per heavy atom. The molecule has 86 valence electrons. The molecule has 0 amide bonds. The molecule has 8 nitrogen and oxygen atoms in total. The number of aromatic amines is 1. The van der Waals surface area contributed by atoms with Gasteiger partial charge in [0.25, 0.3) is 0 Å². The van der Waals surface area contributed by atoms with Crippen LogP contribution in [0.5, 0.6) is 0 Å². The molecule has 1 heterocycles. The molecule has 0 unspecified atom stereocenters. The predicted octanol–water partition coefficient (Wildman–Crippen LogP) is -1.34. The average molecular weight is 235 g/mol. The number of sulfonamides is 1. The van der Waals surface area contributed by atoms with Crippen LogP contribution >= 0.6 is 0 Å². The molecular formula is C6H13N5O3S. The predicted molar refractivity (Wildman–Crippen MR) is 51.3 cm³/mol. The first kappa shape index (κ1) is 12.0. The van der Waals surface area contributed by atoms with Crippen LogP contribution in [0.25, 0.3) is 0 Å². The molecule has 0 aliphatic carbocycles. The van der Waals surface area contributed by atoms with Crippen LogP contribution in [0.15, 0.2) is 0 Å². The maximum Gasteiger partial charge on any atom is 0.214 e. The van der Waals surface area contributed by atoms with Gasteiger partial charge in [-0.1, -0.05) is 5.21 Å². The fourth-order valence-electron chi connectivity index (χ4n) is 0.817. The molecule has 15 heavy (non-hydrogen) atoms. The highest BCUT2D eigenvalue weighted by atomic mass is 32.2. The summed E-state index contributed by atoms with van der Waals surface area (Å²) in [6.45, 7) is 2.52. The molecule has 0 aliphatic heterocycles. The van der Waals surface area contributed by atoms with Gasteiger partial charge in [-0.25, -0.2) is 13.1 Å². The Kier molecular flexibility index (Phi) is 4.59. The van der Waals surface area contributed by atoms with Gasteiger partial charge in [-0.05, 0) is 6.92 Å². The van der Waals surface area contributed by atoms with Crippen LogP contribution in [0.4, 0.5) is 0 Å². The topological polar surface area (TPSA) is 110 Å². The van der Waals surface area contributed by atoms with Crippen molar-refractivity contribution < 1.29 is 13.2 Å². The van der Waals surface area contributed by atoms with Crippen molar-refractivity contribution in [2.45, 2.75) is 13.5 Å². The van der Waals surface area contributed by atoms with E-state index in [0.29, 0.717) is 12.4 Å². The lowest BCUT2D eigenvalue weighted by molar-refractivity contribution is 0.163. The van der Waals surface area contributed by atoms with Gasteiger partial charge in [0.2, 0.25) is 10.0 Å². The van der Waals surface area contributed by atoms with E-state index in [-0.39, 0.29) is 18.9 Å². The Morgan fingerprint density at radius 2 is 2.33 bits per heavy atom. The van der Waals surface area contributed by atoms with Crippen LogP contribution in [0.1, 0.15) is 12.7 Å². The van der Waals surface area contributed by atoms with Gasteiger partial charge < -0.3 is 4.74 Å². The molecule has 0 atom stereocenters. The van der Waals surface area contributed by atoms with Crippen LogP contribution in [-0.4, -0.2) is 48.0 Å². The summed E-state index contributed by atoms with van der Waals surface area (Å²) in [5.74, 6) is 0.230. The normalized spacial score (nSPS) is 11.8. The van der Waals surface area contributed by atoms with E-state index in [0.717, 1.165) is 0 Å². The minimum Gasteiger partial charge on any atom is -0.381 e. The monoisotopic (exact) mass is 235 g/mol. The first-order valence-corrected chi connectivity index (χ1v) is 6.06. The van der Waals surface area contributed by atoms with Crippen molar-refractivity contribution in [2.75, 3.05) is 19.0 Å². The number of aromatic nitrogens is 4. The summed E-state index contributed by atoms with van der Waals surface area (Å²) in [5.41, 5.74) is 0. The third-order valence-electron chi connectivity index (χ3n) is 1.54. The first-order chi connectivity index (χ1) is 7.14. The van der Waals surface area contributed by atoms with Gasteiger partial charge in [-0.2, -0.15) is 5.21 Å². The van der Waals surface area contributed by atoms with Crippen molar-refractivity contribution in [1.29, 1.82) is 0 Å². The number of H-pyrrole nitrogens is 1. The number of hydrogen-bond acceptors (Lipinski definition) is 6. The molecule has 1 rings (SSSR count). The Morgan fingerprint density at radius 3 is 2.93 bits per heavy atom. The number of tetrazole rings is 1. The van der Waals surface area contributed by atoms with E-state index in [1.54, 1.807) is 6.92 Å². The molecule has 1 aromatic rings. The number of rotatable bonds is 7. The van der Waals surface area contributed by atoms with Crippen molar-refractivity contribution in [3.63, 3.8) is 0 Å². The Labute approximate surface area is 87.5 Å². The zero-order chi connectivity index (χ0) is 11.1. The third-order valence-corrected chi connectivity index (χ3v) is 2.83. The lowest BCUT2D eigenvalue weighted by Crippen LogP contribution is -2.28. The van der Waals surface area contributed by atoms with E-state index in [2.05, 4.69) is 25.3 Å². The van der Waals surface area contributed by atoms with Gasteiger partial charge in [0, 0.05) is 6.61 Å². The van der Waals surface area contributed by atoms with Crippen molar-refractivity contribution in [3.8, 4) is 0 Å². The fourth-order valence-corrected chi connectivity index (χ4v) is 1.65. The lowest BCUT2D eigenvalue weighted by atomic mass is 10.7. The minimum absolute atomic E-state index is 0.0327.